The number of imidazole rings is 2. The number of nitriles is 1. The van der Waals surface area contributed by atoms with Gasteiger partial charge in [0.25, 0.3) is 0 Å². The summed E-state index contributed by atoms with van der Waals surface area (Å²) in [4.78, 5) is 36.7. The molecule has 2 aromatic carbocycles. The van der Waals surface area contributed by atoms with Crippen molar-refractivity contribution in [2.75, 3.05) is 6.61 Å². The van der Waals surface area contributed by atoms with Crippen LogP contribution in [0.2, 0.25) is 0 Å². The number of para-hydroxylation sites is 4. The van der Waals surface area contributed by atoms with Crippen LogP contribution in [-0.4, -0.2) is 37.9 Å². The minimum Gasteiger partial charge on any atom is -0.456 e. The van der Waals surface area contributed by atoms with Crippen molar-refractivity contribution in [1.82, 2.24) is 19.5 Å². The van der Waals surface area contributed by atoms with E-state index in [2.05, 4.69) is 15.0 Å². The number of aryl methyl sites for hydroxylation is 1. The van der Waals surface area contributed by atoms with E-state index in [-0.39, 0.29) is 12.4 Å². The normalized spacial score (nSPS) is 12.0. The van der Waals surface area contributed by atoms with Gasteiger partial charge in [-0.25, -0.2) is 9.97 Å². The lowest BCUT2D eigenvalue weighted by Gasteiger charge is -2.09. The van der Waals surface area contributed by atoms with Crippen LogP contribution < -0.4 is 0 Å². The van der Waals surface area contributed by atoms with E-state index in [0.717, 1.165) is 22.4 Å². The molecule has 0 aliphatic carbocycles. The second kappa shape index (κ2) is 8.17. The van der Waals surface area contributed by atoms with Gasteiger partial charge in [-0.3, -0.25) is 9.59 Å². The highest BCUT2D eigenvalue weighted by molar-refractivity contribution is 5.91. The molecule has 4 aromatic rings. The van der Waals surface area contributed by atoms with Gasteiger partial charge in [0.15, 0.2) is 18.3 Å². The number of rotatable bonds is 7. The number of aromatic nitrogens is 4. The van der Waals surface area contributed by atoms with E-state index in [9.17, 15) is 14.9 Å². The average molecular weight is 401 g/mol. The zero-order chi connectivity index (χ0) is 21.1. The van der Waals surface area contributed by atoms with Gasteiger partial charge < -0.3 is 14.3 Å². The summed E-state index contributed by atoms with van der Waals surface area (Å²) in [6.07, 6.45) is 0.656. The second-order valence-corrected chi connectivity index (χ2v) is 6.78. The van der Waals surface area contributed by atoms with Crippen LogP contribution in [0.3, 0.4) is 0 Å². The van der Waals surface area contributed by atoms with E-state index in [1.807, 2.05) is 55.5 Å². The Hall–Kier alpha value is -3.99. The lowest BCUT2D eigenvalue weighted by Crippen LogP contribution is -2.23. The van der Waals surface area contributed by atoms with Crippen LogP contribution in [0.25, 0.3) is 22.1 Å². The third-order valence-corrected chi connectivity index (χ3v) is 4.84. The first-order valence-corrected chi connectivity index (χ1v) is 9.57. The molecule has 150 valence electrons. The number of hydrogen-bond donors (Lipinski definition) is 1. The largest absolute Gasteiger partial charge is 0.456 e. The highest BCUT2D eigenvalue weighted by Gasteiger charge is 2.25. The highest BCUT2D eigenvalue weighted by atomic mass is 16.5. The molecule has 1 N–H and O–H groups in total. The average Bonchev–Trinajstić information content (AvgIpc) is 3.34. The van der Waals surface area contributed by atoms with Gasteiger partial charge in [0.1, 0.15) is 18.2 Å². The molecule has 8 nitrogen and oxygen atoms in total. The van der Waals surface area contributed by atoms with Crippen molar-refractivity contribution in [3.8, 4) is 6.07 Å². The molecule has 0 aliphatic rings. The Kier molecular flexibility index (Phi) is 5.26. The molecular formula is C22H19N5O3. The first kappa shape index (κ1) is 19.3. The predicted molar refractivity (Wildman–Crippen MR) is 110 cm³/mol. The van der Waals surface area contributed by atoms with Crippen LogP contribution in [0.5, 0.6) is 0 Å². The highest BCUT2D eigenvalue weighted by Crippen LogP contribution is 2.19. The maximum atomic E-state index is 12.5. The summed E-state index contributed by atoms with van der Waals surface area (Å²) in [6.45, 7) is 1.40. The van der Waals surface area contributed by atoms with Gasteiger partial charge in [-0.15, -0.1) is 0 Å². The molecule has 1 atom stereocenters. The number of nitrogens with zero attached hydrogens (tertiary/aromatic N) is 4. The van der Waals surface area contributed by atoms with E-state index in [4.69, 9.17) is 4.74 Å². The van der Waals surface area contributed by atoms with Crippen molar-refractivity contribution in [3.63, 3.8) is 0 Å². The quantitative estimate of drug-likeness (QED) is 0.476. The van der Waals surface area contributed by atoms with Crippen molar-refractivity contribution >= 4 is 33.8 Å². The fraction of sp³-hybridized carbons (Fsp3) is 0.227. The van der Waals surface area contributed by atoms with E-state index < -0.39 is 24.3 Å². The van der Waals surface area contributed by atoms with Gasteiger partial charge >= 0.3 is 5.97 Å². The number of ether oxygens (including phenoxy) is 1. The maximum Gasteiger partial charge on any atom is 0.326 e. The molecule has 0 saturated carbocycles. The topological polar surface area (TPSA) is 114 Å². The molecule has 0 radical (unpaired) electrons. The zero-order valence-electron chi connectivity index (χ0n) is 16.3. The Labute approximate surface area is 172 Å². The number of ketones is 1. The van der Waals surface area contributed by atoms with E-state index >= 15 is 0 Å². The Morgan fingerprint density at radius 2 is 1.87 bits per heavy atom. The van der Waals surface area contributed by atoms with Crippen LogP contribution in [-0.2, 0) is 27.3 Å². The van der Waals surface area contributed by atoms with Crippen LogP contribution >= 0.6 is 0 Å². The fourth-order valence-corrected chi connectivity index (χ4v) is 3.38. The van der Waals surface area contributed by atoms with Crippen molar-refractivity contribution < 1.29 is 14.3 Å². The van der Waals surface area contributed by atoms with Crippen LogP contribution in [0.4, 0.5) is 0 Å². The molecule has 0 spiro atoms. The molecule has 0 saturated heterocycles. The fourth-order valence-electron chi connectivity index (χ4n) is 3.38. The Morgan fingerprint density at radius 3 is 2.60 bits per heavy atom. The van der Waals surface area contributed by atoms with Crippen molar-refractivity contribution in [2.24, 2.45) is 0 Å². The van der Waals surface area contributed by atoms with Gasteiger partial charge in [-0.2, -0.15) is 5.26 Å². The first-order chi connectivity index (χ1) is 14.6. The van der Waals surface area contributed by atoms with Crippen LogP contribution in [0.1, 0.15) is 24.5 Å². The minimum absolute atomic E-state index is 0.0567. The number of aromatic amines is 1. The van der Waals surface area contributed by atoms with Gasteiger partial charge in [0, 0.05) is 6.42 Å². The Balaban J connectivity index is 1.44. The molecule has 30 heavy (non-hydrogen) atoms. The molecular weight excluding hydrogens is 382 g/mol. The molecule has 0 amide bonds. The summed E-state index contributed by atoms with van der Waals surface area (Å²) in [5.74, 6) is -1.23. The zero-order valence-corrected chi connectivity index (χ0v) is 16.3. The van der Waals surface area contributed by atoms with Crippen molar-refractivity contribution in [2.45, 2.75) is 25.8 Å². The molecule has 0 fully saturated rings. The Morgan fingerprint density at radius 1 is 1.13 bits per heavy atom. The van der Waals surface area contributed by atoms with Gasteiger partial charge in [0.2, 0.25) is 0 Å². The number of fused-ring (bicyclic) bond motifs is 2. The lowest BCUT2D eigenvalue weighted by atomic mass is 10.1. The molecule has 4 rings (SSSR count). The first-order valence-electron chi connectivity index (χ1n) is 9.57. The smallest absolute Gasteiger partial charge is 0.326 e. The molecule has 0 aliphatic heterocycles. The maximum absolute atomic E-state index is 12.5. The van der Waals surface area contributed by atoms with Crippen LogP contribution in [0.15, 0.2) is 48.5 Å². The van der Waals surface area contributed by atoms with E-state index in [1.54, 1.807) is 10.6 Å². The summed E-state index contributed by atoms with van der Waals surface area (Å²) in [7, 11) is 0. The standard InChI is InChI=1S/C22H19N5O3/c1-2-20-24-17-9-5-6-10-18(17)27(20)12-21(29)30-13-19(28)14(11-23)22-25-15-7-3-4-8-16(15)26-22/h3-10,14H,2,12-13H2,1H3,(H,25,26). The molecule has 0 bridgehead atoms. The van der Waals surface area contributed by atoms with Crippen molar-refractivity contribution in [1.29, 1.82) is 5.26 Å². The third-order valence-electron chi connectivity index (χ3n) is 4.84. The number of esters is 1. The molecule has 2 aromatic heterocycles. The summed E-state index contributed by atoms with van der Waals surface area (Å²) in [5, 5.41) is 9.45. The minimum atomic E-state index is -1.13. The Bertz CT molecular complexity index is 1250. The van der Waals surface area contributed by atoms with E-state index in [1.165, 1.54) is 0 Å². The SMILES string of the molecule is CCc1nc2ccccc2n1CC(=O)OCC(=O)C(C#N)c1nc2ccccc2[nH]1. The molecule has 1 unspecified atom stereocenters. The molecule has 8 heteroatoms. The summed E-state index contributed by atoms with van der Waals surface area (Å²) >= 11 is 0. The number of carbonyl (C=O) groups excluding carboxylic acids is 2. The summed E-state index contributed by atoms with van der Waals surface area (Å²) < 4.78 is 6.95. The summed E-state index contributed by atoms with van der Waals surface area (Å²) in [6, 6.07) is 16.7. The van der Waals surface area contributed by atoms with Gasteiger partial charge in [-0.1, -0.05) is 31.2 Å². The van der Waals surface area contributed by atoms with Crippen LogP contribution in [0, 0.1) is 11.3 Å². The van der Waals surface area contributed by atoms with E-state index in [0.29, 0.717) is 11.9 Å². The van der Waals surface area contributed by atoms with Gasteiger partial charge in [-0.05, 0) is 24.3 Å². The number of benzene rings is 2. The lowest BCUT2D eigenvalue weighted by molar-refractivity contribution is -0.148. The third kappa shape index (κ3) is 3.65. The molecule has 2 heterocycles. The van der Waals surface area contributed by atoms with Crippen molar-refractivity contribution in [3.05, 3.63) is 60.2 Å². The monoisotopic (exact) mass is 401 g/mol. The number of nitrogens with one attached hydrogen (secondary N) is 1. The summed E-state index contributed by atoms with van der Waals surface area (Å²) in [5.41, 5.74) is 3.02. The number of carbonyl (C=O) groups is 2. The number of H-pyrrole nitrogens is 1. The number of hydrogen-bond acceptors (Lipinski definition) is 6. The number of Topliss-reactive ketones (excluding diaryl/α,β-unsaturated/α-hetero) is 1. The predicted octanol–water partition coefficient (Wildman–Crippen LogP) is 2.89. The van der Waals surface area contributed by atoms with Gasteiger partial charge in [0.05, 0.1) is 28.1 Å². The second-order valence-electron chi connectivity index (χ2n) is 6.78.